The van der Waals surface area contributed by atoms with Crippen LogP contribution in [0, 0.1) is 5.92 Å². The first-order valence-electron chi connectivity index (χ1n) is 7.26. The summed E-state index contributed by atoms with van der Waals surface area (Å²) >= 11 is 0. The van der Waals surface area contributed by atoms with Crippen LogP contribution in [0.3, 0.4) is 0 Å². The zero-order chi connectivity index (χ0) is 15.8. The Bertz CT molecular complexity index is 485. The first kappa shape index (κ1) is 20.7. The Balaban J connectivity index is 0.00000441. The maximum atomic E-state index is 11.5. The molecule has 0 aliphatic rings. The highest BCUT2D eigenvalue weighted by Gasteiger charge is 2.09. The van der Waals surface area contributed by atoms with Gasteiger partial charge in [-0.15, -0.1) is 24.0 Å². The Morgan fingerprint density at radius 1 is 1.18 bits per heavy atom. The summed E-state index contributed by atoms with van der Waals surface area (Å²) in [5, 5.41) is 9.23. The molecule has 1 aromatic carbocycles. The van der Waals surface area contributed by atoms with Crippen molar-refractivity contribution in [3.63, 3.8) is 0 Å². The molecule has 6 heteroatoms. The van der Waals surface area contributed by atoms with Crippen molar-refractivity contribution in [1.82, 2.24) is 16.0 Å². The van der Waals surface area contributed by atoms with Crippen molar-refractivity contribution in [2.45, 2.75) is 33.4 Å². The van der Waals surface area contributed by atoms with Gasteiger partial charge in [-0.2, -0.15) is 0 Å². The highest BCUT2D eigenvalue weighted by atomic mass is 127. The number of nitrogens with zero attached hydrogens (tertiary/aromatic N) is 1. The molecule has 5 nitrogen and oxygen atoms in total. The zero-order valence-corrected chi connectivity index (χ0v) is 16.3. The Morgan fingerprint density at radius 2 is 1.77 bits per heavy atom. The third kappa shape index (κ3) is 6.64. The molecule has 3 N–H and O–H groups in total. The number of hydrogen-bond acceptors (Lipinski definition) is 2. The van der Waals surface area contributed by atoms with Gasteiger partial charge in [0.2, 0.25) is 0 Å². The first-order valence-corrected chi connectivity index (χ1v) is 7.26. The van der Waals surface area contributed by atoms with Crippen molar-refractivity contribution in [2.75, 3.05) is 14.1 Å². The van der Waals surface area contributed by atoms with E-state index in [1.807, 2.05) is 24.3 Å². The van der Waals surface area contributed by atoms with Gasteiger partial charge < -0.3 is 16.0 Å². The number of carbonyl (C=O) groups excluding carboxylic acids is 1. The average molecular weight is 418 g/mol. The van der Waals surface area contributed by atoms with Crippen molar-refractivity contribution in [3.05, 3.63) is 35.4 Å². The first-order chi connectivity index (χ1) is 9.97. The molecule has 1 rings (SSSR count). The van der Waals surface area contributed by atoms with E-state index in [4.69, 9.17) is 0 Å². The van der Waals surface area contributed by atoms with Gasteiger partial charge in [-0.3, -0.25) is 9.79 Å². The molecule has 1 amide bonds. The molecule has 0 fully saturated rings. The van der Waals surface area contributed by atoms with Gasteiger partial charge in [0.25, 0.3) is 5.91 Å². The van der Waals surface area contributed by atoms with E-state index in [0.29, 0.717) is 24.1 Å². The van der Waals surface area contributed by atoms with E-state index < -0.39 is 0 Å². The Labute approximate surface area is 150 Å². The monoisotopic (exact) mass is 418 g/mol. The Morgan fingerprint density at radius 3 is 2.23 bits per heavy atom. The summed E-state index contributed by atoms with van der Waals surface area (Å²) in [6, 6.07) is 7.88. The summed E-state index contributed by atoms with van der Waals surface area (Å²) in [4.78, 5) is 15.7. The molecule has 0 aliphatic heterocycles. The molecule has 0 spiro atoms. The number of amides is 1. The van der Waals surface area contributed by atoms with Crippen LogP contribution >= 0.6 is 24.0 Å². The summed E-state index contributed by atoms with van der Waals surface area (Å²) in [6.07, 6.45) is 0. The van der Waals surface area contributed by atoms with Crippen molar-refractivity contribution in [3.8, 4) is 0 Å². The van der Waals surface area contributed by atoms with E-state index >= 15 is 0 Å². The lowest BCUT2D eigenvalue weighted by Gasteiger charge is -2.20. The van der Waals surface area contributed by atoms with Crippen LogP contribution in [0.25, 0.3) is 0 Å². The molecule has 124 valence electrons. The van der Waals surface area contributed by atoms with Gasteiger partial charge in [0.15, 0.2) is 5.96 Å². The van der Waals surface area contributed by atoms with E-state index in [1.165, 1.54) is 0 Å². The second-order valence-corrected chi connectivity index (χ2v) is 5.38. The van der Waals surface area contributed by atoms with Gasteiger partial charge in [0, 0.05) is 32.2 Å². The molecule has 22 heavy (non-hydrogen) atoms. The topological polar surface area (TPSA) is 65.5 Å². The van der Waals surface area contributed by atoms with Crippen molar-refractivity contribution in [1.29, 1.82) is 0 Å². The van der Waals surface area contributed by atoms with E-state index in [0.717, 1.165) is 11.5 Å². The fourth-order valence-corrected chi connectivity index (χ4v) is 1.68. The van der Waals surface area contributed by atoms with Crippen LogP contribution in [-0.2, 0) is 6.54 Å². The van der Waals surface area contributed by atoms with Crippen LogP contribution in [0.1, 0.15) is 36.7 Å². The standard InChI is InChI=1S/C16H26N4O.HI/c1-11(2)12(3)20-16(18-5)19-10-13-6-8-14(9-7-13)15(21)17-4;/h6-9,11-12H,10H2,1-5H3,(H,17,21)(H2,18,19,20);1H. The van der Waals surface area contributed by atoms with Gasteiger partial charge in [0.05, 0.1) is 0 Å². The van der Waals surface area contributed by atoms with Gasteiger partial charge in [-0.05, 0) is 30.5 Å². The lowest BCUT2D eigenvalue weighted by atomic mass is 10.1. The molecule has 0 saturated carbocycles. The minimum Gasteiger partial charge on any atom is -0.355 e. The van der Waals surface area contributed by atoms with Crippen LogP contribution in [-0.4, -0.2) is 32.0 Å². The highest BCUT2D eigenvalue weighted by Crippen LogP contribution is 2.04. The number of rotatable bonds is 5. The molecular formula is C16H27IN4O. The van der Waals surface area contributed by atoms with Crippen LogP contribution in [0.4, 0.5) is 0 Å². The van der Waals surface area contributed by atoms with Gasteiger partial charge in [-0.1, -0.05) is 26.0 Å². The van der Waals surface area contributed by atoms with Gasteiger partial charge >= 0.3 is 0 Å². The predicted octanol–water partition coefficient (Wildman–Crippen LogP) is 2.37. The number of hydrogen-bond donors (Lipinski definition) is 3. The van der Waals surface area contributed by atoms with Crippen molar-refractivity contribution in [2.24, 2.45) is 10.9 Å². The second kappa shape index (κ2) is 10.4. The number of nitrogens with one attached hydrogen (secondary N) is 3. The maximum absolute atomic E-state index is 11.5. The van der Waals surface area contributed by atoms with E-state index in [-0.39, 0.29) is 29.9 Å². The minimum absolute atomic E-state index is 0. The van der Waals surface area contributed by atoms with E-state index in [2.05, 4.69) is 41.7 Å². The molecular weight excluding hydrogens is 391 g/mol. The predicted molar refractivity (Wildman–Crippen MR) is 103 cm³/mol. The number of halogens is 1. The average Bonchev–Trinajstić information content (AvgIpc) is 2.50. The molecule has 0 aliphatic carbocycles. The van der Waals surface area contributed by atoms with Crippen LogP contribution in [0.5, 0.6) is 0 Å². The SMILES string of the molecule is CN=C(NCc1ccc(C(=O)NC)cc1)NC(C)C(C)C.I. The van der Waals surface area contributed by atoms with Gasteiger partial charge in [0.1, 0.15) is 0 Å². The summed E-state index contributed by atoms with van der Waals surface area (Å²) < 4.78 is 0. The third-order valence-corrected chi connectivity index (χ3v) is 3.49. The summed E-state index contributed by atoms with van der Waals surface area (Å²) in [5.74, 6) is 1.25. The van der Waals surface area contributed by atoms with E-state index in [9.17, 15) is 4.79 Å². The molecule has 1 unspecified atom stereocenters. The van der Waals surface area contributed by atoms with Crippen molar-refractivity contribution >= 4 is 35.8 Å². The van der Waals surface area contributed by atoms with Crippen molar-refractivity contribution < 1.29 is 4.79 Å². The summed E-state index contributed by atoms with van der Waals surface area (Å²) in [6.45, 7) is 7.14. The summed E-state index contributed by atoms with van der Waals surface area (Å²) in [5.41, 5.74) is 1.76. The number of benzene rings is 1. The third-order valence-electron chi connectivity index (χ3n) is 3.49. The molecule has 0 saturated heterocycles. The fourth-order valence-electron chi connectivity index (χ4n) is 1.68. The van der Waals surface area contributed by atoms with Crippen LogP contribution < -0.4 is 16.0 Å². The van der Waals surface area contributed by atoms with Gasteiger partial charge in [-0.25, -0.2) is 0 Å². The maximum Gasteiger partial charge on any atom is 0.251 e. The molecule has 0 aromatic heterocycles. The second-order valence-electron chi connectivity index (χ2n) is 5.38. The van der Waals surface area contributed by atoms with Crippen LogP contribution in [0.15, 0.2) is 29.3 Å². The highest BCUT2D eigenvalue weighted by molar-refractivity contribution is 14.0. The zero-order valence-electron chi connectivity index (χ0n) is 13.9. The molecule has 0 bridgehead atoms. The van der Waals surface area contributed by atoms with E-state index in [1.54, 1.807) is 14.1 Å². The lowest BCUT2D eigenvalue weighted by molar-refractivity contribution is 0.0963. The van der Waals surface area contributed by atoms with Crippen LogP contribution in [0.2, 0.25) is 0 Å². The smallest absolute Gasteiger partial charge is 0.251 e. The molecule has 0 heterocycles. The lowest BCUT2D eigenvalue weighted by Crippen LogP contribution is -2.43. The summed E-state index contributed by atoms with van der Waals surface area (Å²) in [7, 11) is 3.39. The quantitative estimate of drug-likeness (QED) is 0.391. The number of carbonyl (C=O) groups is 1. The fraction of sp³-hybridized carbons (Fsp3) is 0.500. The normalized spacial score (nSPS) is 12.4. The molecule has 1 aromatic rings. The molecule has 1 atom stereocenters. The Kier molecular flexibility index (Phi) is 9.80. The number of guanidine groups is 1. The minimum atomic E-state index is -0.0715. The number of aliphatic imine (C=N–C) groups is 1. The Hall–Kier alpha value is -1.31. The molecule has 0 radical (unpaired) electrons. The largest absolute Gasteiger partial charge is 0.355 e.